The Morgan fingerprint density at radius 1 is 0.671 bits per heavy atom. The van der Waals surface area contributed by atoms with Crippen molar-refractivity contribution in [1.29, 1.82) is 0 Å². The van der Waals surface area contributed by atoms with Crippen LogP contribution in [-0.4, -0.2) is 178 Å². The zero-order chi connectivity index (χ0) is 62.0. The number of urea groups is 2. The molecule has 3 saturated carbocycles. The minimum atomic E-state index is -4.14. The Morgan fingerprint density at radius 3 is 1.61 bits per heavy atom. The molecule has 7 rings (SSSR count). The third kappa shape index (κ3) is 21.4. The van der Waals surface area contributed by atoms with E-state index in [1.807, 2.05) is 31.3 Å². The minimum absolute atomic E-state index is 0.0266. The maximum Gasteiger partial charge on any atom is 0.407 e. The number of unbranched alkanes of at least 4 members (excludes halogenated alkanes) is 1. The van der Waals surface area contributed by atoms with Crippen molar-refractivity contribution in [3.8, 4) is 11.5 Å². The van der Waals surface area contributed by atoms with E-state index < -0.39 is 34.5 Å². The van der Waals surface area contributed by atoms with Crippen molar-refractivity contribution < 1.29 is 51.1 Å². The van der Waals surface area contributed by atoms with Gasteiger partial charge in [0.05, 0.1) is 5.75 Å². The summed E-state index contributed by atoms with van der Waals surface area (Å²) in [5.41, 5.74) is 1.11. The summed E-state index contributed by atoms with van der Waals surface area (Å²) in [4.78, 5) is 62.1. The molecule has 2 aromatic carbocycles. The summed E-state index contributed by atoms with van der Waals surface area (Å²) in [7, 11) is -2.30. The van der Waals surface area contributed by atoms with Crippen LogP contribution in [0.4, 0.5) is 19.2 Å². The molecule has 0 radical (unpaired) electrons. The van der Waals surface area contributed by atoms with Crippen molar-refractivity contribution >= 4 is 34.4 Å². The number of amides is 6. The predicted octanol–water partition coefficient (Wildman–Crippen LogP) is 10.6. The van der Waals surface area contributed by atoms with Crippen LogP contribution in [0.15, 0.2) is 48.5 Å². The van der Waals surface area contributed by atoms with Gasteiger partial charge in [0.2, 0.25) is 0 Å². The summed E-state index contributed by atoms with van der Waals surface area (Å²) in [5, 5.41) is 12.7. The minimum Gasteiger partial charge on any atom is -0.490 e. The molecule has 2 aromatic rings. The van der Waals surface area contributed by atoms with Gasteiger partial charge in [-0.1, -0.05) is 112 Å². The van der Waals surface area contributed by atoms with E-state index in [9.17, 15) is 32.1 Å². The number of hydrogen-bond acceptors (Lipinski definition) is 12. The molecule has 19 nitrogen and oxygen atoms in total. The van der Waals surface area contributed by atoms with Crippen LogP contribution in [0.2, 0.25) is 0 Å². The number of alkyl carbamates (subject to hydrolysis) is 2. The van der Waals surface area contributed by atoms with Gasteiger partial charge in [0, 0.05) is 95.0 Å². The van der Waals surface area contributed by atoms with Gasteiger partial charge in [-0.2, -0.15) is 8.42 Å². The fourth-order valence-electron chi connectivity index (χ4n) is 14.4. The average molecular weight is 1210 g/mol. The van der Waals surface area contributed by atoms with E-state index in [-0.39, 0.29) is 89.2 Å². The van der Waals surface area contributed by atoms with Crippen LogP contribution < -0.4 is 30.7 Å². The summed E-state index contributed by atoms with van der Waals surface area (Å²) in [5.74, 6) is 0.956. The van der Waals surface area contributed by atoms with E-state index in [4.69, 9.17) is 18.9 Å². The predicted molar refractivity (Wildman–Crippen MR) is 333 cm³/mol. The molecule has 10 unspecified atom stereocenters. The topological polar surface area (TPSA) is 220 Å². The molecular formula is C65H106N8O11S. The second-order valence-electron chi connectivity index (χ2n) is 29.0. The molecule has 20 heteroatoms. The highest BCUT2D eigenvalue weighted by molar-refractivity contribution is 7.85. The van der Waals surface area contributed by atoms with Gasteiger partial charge < -0.3 is 50.0 Å². The van der Waals surface area contributed by atoms with Crippen LogP contribution >= 0.6 is 0 Å². The Labute approximate surface area is 509 Å². The van der Waals surface area contributed by atoms with E-state index in [2.05, 4.69) is 131 Å². The maximum atomic E-state index is 13.9. The smallest absolute Gasteiger partial charge is 0.407 e. The van der Waals surface area contributed by atoms with Crippen LogP contribution in [0.5, 0.6) is 11.5 Å². The van der Waals surface area contributed by atoms with Gasteiger partial charge in [-0.25, -0.2) is 19.2 Å². The first-order valence-electron chi connectivity index (χ1n) is 31.8. The Balaban J connectivity index is 0.885. The van der Waals surface area contributed by atoms with Crippen molar-refractivity contribution in [3.05, 3.63) is 59.7 Å². The van der Waals surface area contributed by atoms with Crippen molar-refractivity contribution in [2.45, 2.75) is 214 Å². The Kier molecular flexibility index (Phi) is 22.9. The first kappa shape index (κ1) is 67.5. The lowest BCUT2D eigenvalue weighted by Gasteiger charge is -2.47. The lowest BCUT2D eigenvalue weighted by molar-refractivity contribution is 0.0389. The summed E-state index contributed by atoms with van der Waals surface area (Å²) in [6, 6.07) is 16.4. The first-order valence-corrected chi connectivity index (χ1v) is 33.4. The molecular weight excluding hydrogens is 1100 g/mol. The molecule has 5 N–H and O–H groups in total. The van der Waals surface area contributed by atoms with E-state index in [1.165, 1.54) is 0 Å². The number of benzene rings is 2. The highest BCUT2D eigenvalue weighted by atomic mass is 32.2. The Hall–Kier alpha value is -5.05. The molecule has 2 heterocycles. The number of nitrogens with one attached hydrogen (secondary N) is 4. The van der Waals surface area contributed by atoms with E-state index in [1.54, 1.807) is 9.80 Å². The van der Waals surface area contributed by atoms with Gasteiger partial charge in [0.1, 0.15) is 24.7 Å². The summed E-state index contributed by atoms with van der Waals surface area (Å²) < 4.78 is 57.3. The number of hydrogen-bond donors (Lipinski definition) is 5. The summed E-state index contributed by atoms with van der Waals surface area (Å²) in [6.07, 6.45) is 9.81. The van der Waals surface area contributed by atoms with Crippen LogP contribution in [0.1, 0.15) is 177 Å². The lowest BCUT2D eigenvalue weighted by Crippen LogP contribution is -2.55. The van der Waals surface area contributed by atoms with E-state index >= 15 is 0 Å². The van der Waals surface area contributed by atoms with Gasteiger partial charge in [0.15, 0.2) is 12.2 Å². The number of nitrogens with zero attached hydrogens (tertiary/aromatic N) is 4. The highest BCUT2D eigenvalue weighted by Crippen LogP contribution is 2.47. The molecule has 5 fully saturated rings. The maximum absolute atomic E-state index is 13.9. The zero-order valence-corrected chi connectivity index (χ0v) is 54.4. The van der Waals surface area contributed by atoms with E-state index in [0.717, 1.165) is 108 Å². The summed E-state index contributed by atoms with van der Waals surface area (Å²) in [6.45, 7) is 29.2. The number of ether oxygens (including phenoxy) is 4. The van der Waals surface area contributed by atoms with Crippen LogP contribution in [-0.2, 0) is 25.0 Å². The van der Waals surface area contributed by atoms with Crippen molar-refractivity contribution in [2.24, 2.45) is 21.7 Å². The SMILES string of the molecule is CCCCN(C)C(=O)NCC1(C)CC(NC(=O)OC(COc2ccc(C(C)(C)c3ccc(OCC(CN4CC4C)OC(=O)NCC4(C)CC(NC(=O)N(CCCS(=O)(=O)O)C5CCCCC5)CC(C)(C)C4)cc3)cc2)CN2CC2C)CC(C)(C)C1. The normalized spacial score (nSPS) is 27.0. The quantitative estimate of drug-likeness (QED) is 0.0396. The third-order valence-corrected chi connectivity index (χ3v) is 19.4. The summed E-state index contributed by atoms with van der Waals surface area (Å²) >= 11 is 0. The first-order chi connectivity index (χ1) is 39.9. The van der Waals surface area contributed by atoms with Crippen LogP contribution in [0.25, 0.3) is 0 Å². The molecule has 0 spiro atoms. The largest absolute Gasteiger partial charge is 0.490 e. The second-order valence-corrected chi connectivity index (χ2v) is 30.5. The number of carbonyl (C=O) groups excluding carboxylic acids is 4. The molecule has 2 saturated heterocycles. The molecule has 478 valence electrons. The molecule has 0 bridgehead atoms. The molecule has 3 aliphatic carbocycles. The van der Waals surface area contributed by atoms with Gasteiger partial charge in [0.25, 0.3) is 10.1 Å². The van der Waals surface area contributed by atoms with Crippen molar-refractivity contribution in [3.63, 3.8) is 0 Å². The Bertz CT molecular complexity index is 2630. The average Bonchev–Trinajstić information content (AvgIpc) is 3.97. The number of carbonyl (C=O) groups is 4. The third-order valence-electron chi connectivity index (χ3n) is 18.6. The van der Waals surface area contributed by atoms with Crippen LogP contribution in [0, 0.1) is 21.7 Å². The fraction of sp³-hybridized carbons (Fsp3) is 0.754. The van der Waals surface area contributed by atoms with Gasteiger partial charge >= 0.3 is 24.2 Å². The van der Waals surface area contributed by atoms with Gasteiger partial charge in [-0.15, -0.1) is 0 Å². The monoisotopic (exact) mass is 1210 g/mol. The highest BCUT2D eigenvalue weighted by Gasteiger charge is 2.45. The molecule has 2 aliphatic heterocycles. The van der Waals surface area contributed by atoms with Crippen LogP contribution in [0.3, 0.4) is 0 Å². The fourth-order valence-corrected chi connectivity index (χ4v) is 14.8. The lowest BCUT2D eigenvalue weighted by atomic mass is 9.62. The van der Waals surface area contributed by atoms with E-state index in [0.29, 0.717) is 56.2 Å². The molecule has 6 amide bonds. The Morgan fingerprint density at radius 2 is 1.14 bits per heavy atom. The number of rotatable bonds is 28. The standard InChI is InChI=1S/C65H106N8O11S/c1-13-14-29-70(12)57(74)66-44-64(10)35-51(33-62(6,7)42-64)69-60(77)84-56(39-72-37-47(72)3)41-82-54-27-23-49(24-28-54)63(8,9)48-21-25-53(26-22-48)81-40-55(38-71-36-46(71)2)83-59(76)67-45-65(11)34-50(32-61(4,5)43-65)68-58(75)73(30-18-31-85(78,79)80)52-19-16-15-17-20-52/h21-28,46-47,50-52,55-56H,13-20,29-45H2,1-12H3,(H,66,74)(H,67,76)(H,68,75)(H,69,77)(H,78,79,80). The van der Waals surface area contributed by atoms with Crippen molar-refractivity contribution in [1.82, 2.24) is 40.9 Å². The molecule has 85 heavy (non-hydrogen) atoms. The van der Waals surface area contributed by atoms with Crippen molar-refractivity contribution in [2.75, 3.05) is 78.4 Å². The van der Waals surface area contributed by atoms with Gasteiger partial charge in [-0.3, -0.25) is 14.4 Å². The molecule has 10 atom stereocenters. The zero-order valence-electron chi connectivity index (χ0n) is 53.6. The second kappa shape index (κ2) is 28.8. The van der Waals surface area contributed by atoms with Gasteiger partial charge in [-0.05, 0) is 135 Å². The molecule has 0 aromatic heterocycles. The molecule has 5 aliphatic rings.